The van der Waals surface area contributed by atoms with Gasteiger partial charge in [0, 0.05) is 19.5 Å². The molecule has 0 spiro atoms. The SMILES string of the molecule is C=CCn1c(O[C@@H]2C[C@@H](C(=O)O)N(C)C2)nc2ccccc2c1=O. The van der Waals surface area contributed by atoms with Crippen molar-refractivity contribution >= 4 is 16.9 Å². The number of carbonyl (C=O) groups is 1. The Hall–Kier alpha value is -2.67. The van der Waals surface area contributed by atoms with Crippen LogP contribution in [0.5, 0.6) is 6.01 Å². The number of fused-ring (bicyclic) bond motifs is 1. The molecule has 0 aliphatic carbocycles. The zero-order valence-electron chi connectivity index (χ0n) is 13.4. The van der Waals surface area contributed by atoms with Crippen LogP contribution < -0.4 is 10.3 Å². The first-order chi connectivity index (χ1) is 11.5. The van der Waals surface area contributed by atoms with Crippen LogP contribution in [0.3, 0.4) is 0 Å². The van der Waals surface area contributed by atoms with Gasteiger partial charge in [-0.1, -0.05) is 18.2 Å². The molecule has 1 saturated heterocycles. The standard InChI is InChI=1S/C17H19N3O4/c1-3-8-20-15(21)12-6-4-5-7-13(12)18-17(20)24-11-9-14(16(22)23)19(2)10-11/h3-7,11,14H,1,8-10H2,2H3,(H,22,23)/t11-,14+/m1/s1. The molecule has 126 valence electrons. The minimum Gasteiger partial charge on any atom is -0.480 e. The first-order valence-corrected chi connectivity index (χ1v) is 7.71. The van der Waals surface area contributed by atoms with Crippen LogP contribution in [0.1, 0.15) is 6.42 Å². The van der Waals surface area contributed by atoms with Gasteiger partial charge < -0.3 is 9.84 Å². The number of aliphatic carboxylic acids is 1. The number of para-hydroxylation sites is 1. The largest absolute Gasteiger partial charge is 0.480 e. The summed E-state index contributed by atoms with van der Waals surface area (Å²) in [6, 6.07) is 6.67. The van der Waals surface area contributed by atoms with Crippen LogP contribution in [0, 0.1) is 0 Å². The normalized spacial score (nSPS) is 21.0. The summed E-state index contributed by atoms with van der Waals surface area (Å²) >= 11 is 0. The predicted octanol–water partition coefficient (Wildman–Crippen LogP) is 1.12. The van der Waals surface area contributed by atoms with Crippen molar-refractivity contribution in [1.82, 2.24) is 14.5 Å². The maximum absolute atomic E-state index is 12.6. The lowest BCUT2D eigenvalue weighted by Gasteiger charge is -2.16. The molecule has 0 saturated carbocycles. The molecule has 0 amide bonds. The van der Waals surface area contributed by atoms with E-state index in [1.54, 1.807) is 42.3 Å². The molecule has 1 aromatic carbocycles. The van der Waals surface area contributed by atoms with Crippen LogP contribution >= 0.6 is 0 Å². The molecule has 2 aromatic rings. The molecule has 0 bridgehead atoms. The van der Waals surface area contributed by atoms with Gasteiger partial charge in [-0.2, -0.15) is 4.98 Å². The second-order valence-electron chi connectivity index (χ2n) is 5.89. The summed E-state index contributed by atoms with van der Waals surface area (Å²) < 4.78 is 7.32. The molecular weight excluding hydrogens is 310 g/mol. The van der Waals surface area contributed by atoms with Gasteiger partial charge in [0.15, 0.2) is 0 Å². The highest BCUT2D eigenvalue weighted by Gasteiger charge is 2.36. The number of likely N-dealkylation sites (tertiary alicyclic amines) is 1. The van der Waals surface area contributed by atoms with Gasteiger partial charge in [0.2, 0.25) is 0 Å². The molecule has 2 atom stereocenters. The molecule has 1 fully saturated rings. The van der Waals surface area contributed by atoms with Gasteiger partial charge in [0.05, 0.1) is 10.9 Å². The summed E-state index contributed by atoms with van der Waals surface area (Å²) in [7, 11) is 1.74. The number of hydrogen-bond acceptors (Lipinski definition) is 5. The Morgan fingerprint density at radius 1 is 1.50 bits per heavy atom. The number of nitrogens with zero attached hydrogens (tertiary/aromatic N) is 3. The number of carboxylic acid groups (broad SMARTS) is 1. The average Bonchev–Trinajstić information content (AvgIpc) is 2.92. The third-order valence-electron chi connectivity index (χ3n) is 4.21. The minimum absolute atomic E-state index is 0.197. The van der Waals surface area contributed by atoms with Crippen molar-refractivity contribution in [2.75, 3.05) is 13.6 Å². The summed E-state index contributed by atoms with van der Waals surface area (Å²) in [4.78, 5) is 30.0. The molecule has 1 N–H and O–H groups in total. The number of likely N-dealkylation sites (N-methyl/N-ethyl adjacent to an activating group) is 1. The van der Waals surface area contributed by atoms with Gasteiger partial charge in [-0.15, -0.1) is 6.58 Å². The molecule has 1 aromatic heterocycles. The highest BCUT2D eigenvalue weighted by atomic mass is 16.5. The highest BCUT2D eigenvalue weighted by molar-refractivity contribution is 5.77. The zero-order chi connectivity index (χ0) is 17.3. The fourth-order valence-electron chi connectivity index (χ4n) is 3.00. The highest BCUT2D eigenvalue weighted by Crippen LogP contribution is 2.22. The van der Waals surface area contributed by atoms with Crippen molar-refractivity contribution in [3.63, 3.8) is 0 Å². The molecule has 3 rings (SSSR count). The van der Waals surface area contributed by atoms with Crippen LogP contribution in [0.2, 0.25) is 0 Å². The maximum atomic E-state index is 12.6. The zero-order valence-corrected chi connectivity index (χ0v) is 13.4. The topological polar surface area (TPSA) is 84.7 Å². The van der Waals surface area contributed by atoms with Gasteiger partial charge in [-0.25, -0.2) is 0 Å². The molecule has 0 unspecified atom stereocenters. The van der Waals surface area contributed by atoms with E-state index in [9.17, 15) is 14.7 Å². The first-order valence-electron chi connectivity index (χ1n) is 7.71. The lowest BCUT2D eigenvalue weighted by Crippen LogP contribution is -2.32. The number of hydrogen-bond donors (Lipinski definition) is 1. The Labute approximate surface area is 138 Å². The van der Waals surface area contributed by atoms with Gasteiger partial charge in [-0.05, 0) is 19.2 Å². The van der Waals surface area contributed by atoms with Crippen molar-refractivity contribution in [2.24, 2.45) is 0 Å². The van der Waals surface area contributed by atoms with E-state index in [4.69, 9.17) is 4.74 Å². The van der Waals surface area contributed by atoms with Crippen molar-refractivity contribution in [3.05, 3.63) is 47.3 Å². The summed E-state index contributed by atoms with van der Waals surface area (Å²) in [5, 5.41) is 9.72. The number of aromatic nitrogens is 2. The molecule has 7 nitrogen and oxygen atoms in total. The van der Waals surface area contributed by atoms with E-state index in [1.165, 1.54) is 4.57 Å². The van der Waals surface area contributed by atoms with E-state index in [0.29, 0.717) is 23.9 Å². The van der Waals surface area contributed by atoms with Crippen LogP contribution in [-0.4, -0.2) is 51.3 Å². The fraction of sp³-hybridized carbons (Fsp3) is 0.353. The van der Waals surface area contributed by atoms with E-state index in [-0.39, 0.29) is 24.2 Å². The summed E-state index contributed by atoms with van der Waals surface area (Å²) in [5.41, 5.74) is 0.357. The van der Waals surface area contributed by atoms with E-state index >= 15 is 0 Å². The van der Waals surface area contributed by atoms with Crippen LogP contribution in [0.15, 0.2) is 41.7 Å². The van der Waals surface area contributed by atoms with Gasteiger partial charge in [-0.3, -0.25) is 19.1 Å². The smallest absolute Gasteiger partial charge is 0.321 e. The summed E-state index contributed by atoms with van der Waals surface area (Å²) in [6.45, 7) is 4.41. The third-order valence-corrected chi connectivity index (χ3v) is 4.21. The number of allylic oxidation sites excluding steroid dienone is 1. The van der Waals surface area contributed by atoms with Gasteiger partial charge in [0.25, 0.3) is 11.6 Å². The molecule has 1 aliphatic rings. The Morgan fingerprint density at radius 3 is 2.92 bits per heavy atom. The van der Waals surface area contributed by atoms with Crippen molar-refractivity contribution < 1.29 is 14.6 Å². The van der Waals surface area contributed by atoms with Gasteiger partial charge in [0.1, 0.15) is 12.1 Å². The number of carboxylic acids is 1. The lowest BCUT2D eigenvalue weighted by molar-refractivity contribution is -0.141. The molecule has 1 aliphatic heterocycles. The second-order valence-corrected chi connectivity index (χ2v) is 5.89. The van der Waals surface area contributed by atoms with Crippen molar-refractivity contribution in [2.45, 2.75) is 25.1 Å². The Balaban J connectivity index is 1.97. The number of benzene rings is 1. The quantitative estimate of drug-likeness (QED) is 0.828. The van der Waals surface area contributed by atoms with Crippen LogP contribution in [-0.2, 0) is 11.3 Å². The molecular formula is C17H19N3O4. The lowest BCUT2D eigenvalue weighted by atomic mass is 10.2. The fourth-order valence-corrected chi connectivity index (χ4v) is 3.00. The van der Waals surface area contributed by atoms with E-state index < -0.39 is 12.0 Å². The minimum atomic E-state index is -0.876. The Kier molecular flexibility index (Phi) is 4.35. The van der Waals surface area contributed by atoms with E-state index in [1.807, 2.05) is 0 Å². The monoisotopic (exact) mass is 329 g/mol. The second kappa shape index (κ2) is 6.45. The molecule has 24 heavy (non-hydrogen) atoms. The Bertz CT molecular complexity index is 845. The Morgan fingerprint density at radius 2 is 2.25 bits per heavy atom. The summed E-state index contributed by atoms with van der Waals surface area (Å²) in [5.74, 6) is -0.876. The van der Waals surface area contributed by atoms with Crippen molar-refractivity contribution in [1.29, 1.82) is 0 Å². The van der Waals surface area contributed by atoms with Crippen molar-refractivity contribution in [3.8, 4) is 6.01 Å². The average molecular weight is 329 g/mol. The molecule has 0 radical (unpaired) electrons. The first kappa shape index (κ1) is 16.2. The number of ether oxygens (including phenoxy) is 1. The summed E-state index contributed by atoms with van der Waals surface area (Å²) in [6.07, 6.45) is 1.62. The molecule has 2 heterocycles. The number of rotatable bonds is 5. The van der Waals surface area contributed by atoms with E-state index in [0.717, 1.165) is 0 Å². The molecule has 7 heteroatoms. The van der Waals surface area contributed by atoms with Crippen LogP contribution in [0.25, 0.3) is 10.9 Å². The van der Waals surface area contributed by atoms with Crippen LogP contribution in [0.4, 0.5) is 0 Å². The maximum Gasteiger partial charge on any atom is 0.321 e. The predicted molar refractivity (Wildman–Crippen MR) is 89.3 cm³/mol. The third kappa shape index (κ3) is 2.90. The van der Waals surface area contributed by atoms with E-state index in [2.05, 4.69) is 11.6 Å². The van der Waals surface area contributed by atoms with Gasteiger partial charge >= 0.3 is 5.97 Å².